The maximum atomic E-state index is 12.8. The van der Waals surface area contributed by atoms with Gasteiger partial charge in [-0.3, -0.25) is 9.69 Å². The van der Waals surface area contributed by atoms with Crippen LogP contribution in [0.25, 0.3) is 0 Å². The van der Waals surface area contributed by atoms with Crippen molar-refractivity contribution < 1.29 is 13.9 Å². The Bertz CT molecular complexity index is 925. The first-order valence-corrected chi connectivity index (χ1v) is 10.4. The molecule has 0 atom stereocenters. The lowest BCUT2D eigenvalue weighted by Crippen LogP contribution is -2.24. The van der Waals surface area contributed by atoms with Gasteiger partial charge in [0, 0.05) is 31.4 Å². The molecule has 0 radical (unpaired) electrons. The molecule has 2 fully saturated rings. The summed E-state index contributed by atoms with van der Waals surface area (Å²) in [5.74, 6) is 0.405. The molecule has 3 heterocycles. The molecule has 6 heteroatoms. The van der Waals surface area contributed by atoms with E-state index in [9.17, 15) is 9.59 Å². The van der Waals surface area contributed by atoms with E-state index in [1.54, 1.807) is 6.92 Å². The summed E-state index contributed by atoms with van der Waals surface area (Å²) in [6.45, 7) is 6.25. The first-order valence-electron chi connectivity index (χ1n) is 10.4. The van der Waals surface area contributed by atoms with Crippen molar-refractivity contribution in [2.45, 2.75) is 45.1 Å². The number of rotatable bonds is 5. The number of likely N-dealkylation sites (tertiary alicyclic amines) is 1. The van der Waals surface area contributed by atoms with Crippen molar-refractivity contribution in [1.82, 2.24) is 4.90 Å². The standard InChI is InChI=1S/C23H28N2O4/c1-16-13-20(18-7-11-28-12-8-18)29-23(27)21(16)22(26)24-19-6-4-5-17(14-19)15-25-9-2-3-10-25/h4-6,13-14,18H,2-3,7-12,15H2,1H3,(H,24,26). The Morgan fingerprint density at radius 2 is 1.93 bits per heavy atom. The zero-order valence-corrected chi connectivity index (χ0v) is 16.9. The molecule has 2 aliphatic heterocycles. The highest BCUT2D eigenvalue weighted by atomic mass is 16.5. The molecule has 2 aromatic rings. The first-order chi connectivity index (χ1) is 14.1. The molecule has 1 aromatic carbocycles. The normalized spacial score (nSPS) is 18.1. The molecule has 0 spiro atoms. The van der Waals surface area contributed by atoms with Crippen LogP contribution in [-0.4, -0.2) is 37.1 Å². The van der Waals surface area contributed by atoms with E-state index in [0.29, 0.717) is 30.2 Å². The monoisotopic (exact) mass is 396 g/mol. The SMILES string of the molecule is Cc1cc(C2CCOCC2)oc(=O)c1C(=O)Nc1cccc(CN2CCCC2)c1. The van der Waals surface area contributed by atoms with E-state index >= 15 is 0 Å². The van der Waals surface area contributed by atoms with Crippen molar-refractivity contribution >= 4 is 11.6 Å². The summed E-state index contributed by atoms with van der Waals surface area (Å²) in [5, 5.41) is 2.87. The topological polar surface area (TPSA) is 71.8 Å². The fourth-order valence-electron chi connectivity index (χ4n) is 4.23. The molecule has 154 valence electrons. The van der Waals surface area contributed by atoms with Crippen LogP contribution in [0.1, 0.15) is 58.8 Å². The second kappa shape index (κ2) is 8.93. The summed E-state index contributed by atoms with van der Waals surface area (Å²) in [6.07, 6.45) is 4.15. The Hall–Kier alpha value is -2.44. The van der Waals surface area contributed by atoms with Gasteiger partial charge < -0.3 is 14.5 Å². The molecule has 0 aliphatic carbocycles. The molecule has 2 saturated heterocycles. The third-order valence-corrected chi connectivity index (χ3v) is 5.81. The van der Waals surface area contributed by atoms with Crippen LogP contribution in [0.5, 0.6) is 0 Å². The van der Waals surface area contributed by atoms with Gasteiger partial charge in [0.25, 0.3) is 5.91 Å². The van der Waals surface area contributed by atoms with Gasteiger partial charge >= 0.3 is 5.63 Å². The lowest BCUT2D eigenvalue weighted by atomic mass is 9.95. The molecule has 0 bridgehead atoms. The molecule has 6 nitrogen and oxygen atoms in total. The van der Waals surface area contributed by atoms with Crippen LogP contribution in [0.3, 0.4) is 0 Å². The van der Waals surface area contributed by atoms with Gasteiger partial charge in [-0.15, -0.1) is 0 Å². The van der Waals surface area contributed by atoms with Gasteiger partial charge in [-0.2, -0.15) is 0 Å². The van der Waals surface area contributed by atoms with Crippen molar-refractivity contribution in [2.75, 3.05) is 31.6 Å². The highest BCUT2D eigenvalue weighted by Gasteiger charge is 2.23. The van der Waals surface area contributed by atoms with Crippen LogP contribution in [0.15, 0.2) is 39.5 Å². The van der Waals surface area contributed by atoms with E-state index in [-0.39, 0.29) is 11.5 Å². The summed E-state index contributed by atoms with van der Waals surface area (Å²) < 4.78 is 10.9. The molecule has 29 heavy (non-hydrogen) atoms. The van der Waals surface area contributed by atoms with Gasteiger partial charge in [-0.1, -0.05) is 12.1 Å². The Morgan fingerprint density at radius 3 is 2.66 bits per heavy atom. The number of ether oxygens (including phenoxy) is 1. The maximum Gasteiger partial charge on any atom is 0.349 e. The summed E-state index contributed by atoms with van der Waals surface area (Å²) in [7, 11) is 0. The highest BCUT2D eigenvalue weighted by Crippen LogP contribution is 2.27. The number of nitrogens with one attached hydrogen (secondary N) is 1. The van der Waals surface area contributed by atoms with Crippen LogP contribution in [0.2, 0.25) is 0 Å². The number of carbonyl (C=O) groups excluding carboxylic acids is 1. The van der Waals surface area contributed by atoms with Crippen LogP contribution in [0.4, 0.5) is 5.69 Å². The molecule has 0 unspecified atom stereocenters. The average Bonchev–Trinajstić information content (AvgIpc) is 3.21. The molecule has 0 saturated carbocycles. The molecule has 2 aliphatic rings. The summed E-state index contributed by atoms with van der Waals surface area (Å²) in [5.41, 5.74) is 2.00. The number of amides is 1. The first kappa shape index (κ1) is 19.9. The maximum absolute atomic E-state index is 12.8. The zero-order valence-electron chi connectivity index (χ0n) is 16.9. The van der Waals surface area contributed by atoms with E-state index < -0.39 is 11.5 Å². The molecule has 1 aromatic heterocycles. The predicted octanol–water partition coefficient (Wildman–Crippen LogP) is 3.69. The van der Waals surface area contributed by atoms with E-state index in [2.05, 4.69) is 16.3 Å². The average molecular weight is 396 g/mol. The van der Waals surface area contributed by atoms with E-state index in [4.69, 9.17) is 9.15 Å². The van der Waals surface area contributed by atoms with Crippen LogP contribution in [0, 0.1) is 6.92 Å². The molecular weight excluding hydrogens is 368 g/mol. The quantitative estimate of drug-likeness (QED) is 0.835. The minimum atomic E-state index is -0.572. The third kappa shape index (κ3) is 4.77. The number of anilines is 1. The van der Waals surface area contributed by atoms with Gasteiger partial charge in [0.1, 0.15) is 11.3 Å². The van der Waals surface area contributed by atoms with E-state index in [1.165, 1.54) is 12.8 Å². The van der Waals surface area contributed by atoms with Crippen molar-refractivity contribution in [2.24, 2.45) is 0 Å². The summed E-state index contributed by atoms with van der Waals surface area (Å²) in [4.78, 5) is 27.8. The lowest BCUT2D eigenvalue weighted by molar-refractivity contribution is 0.0796. The Balaban J connectivity index is 1.48. The summed E-state index contributed by atoms with van der Waals surface area (Å²) in [6, 6.07) is 9.65. The van der Waals surface area contributed by atoms with Crippen LogP contribution < -0.4 is 10.9 Å². The van der Waals surface area contributed by atoms with Gasteiger partial charge in [0.05, 0.1) is 0 Å². The van der Waals surface area contributed by atoms with Crippen LogP contribution in [-0.2, 0) is 11.3 Å². The molecule has 1 amide bonds. The van der Waals surface area contributed by atoms with E-state index in [1.807, 2.05) is 24.3 Å². The number of carbonyl (C=O) groups is 1. The second-order valence-corrected chi connectivity index (χ2v) is 8.02. The van der Waals surface area contributed by atoms with Crippen molar-refractivity contribution in [1.29, 1.82) is 0 Å². The zero-order chi connectivity index (χ0) is 20.2. The van der Waals surface area contributed by atoms with Gasteiger partial charge in [0.15, 0.2) is 0 Å². The van der Waals surface area contributed by atoms with Gasteiger partial charge in [0.2, 0.25) is 0 Å². The number of nitrogens with zero attached hydrogens (tertiary/aromatic N) is 1. The van der Waals surface area contributed by atoms with Crippen molar-refractivity contribution in [3.63, 3.8) is 0 Å². The Labute approximate surface area is 170 Å². The predicted molar refractivity (Wildman–Crippen MR) is 111 cm³/mol. The molecule has 4 rings (SSSR count). The fraction of sp³-hybridized carbons (Fsp3) is 0.478. The van der Waals surface area contributed by atoms with Crippen molar-refractivity contribution in [3.05, 3.63) is 63.2 Å². The highest BCUT2D eigenvalue weighted by molar-refractivity contribution is 6.04. The number of aryl methyl sites for hydroxylation is 1. The fourth-order valence-corrected chi connectivity index (χ4v) is 4.23. The number of hydrogen-bond donors (Lipinski definition) is 1. The second-order valence-electron chi connectivity index (χ2n) is 8.02. The van der Waals surface area contributed by atoms with Crippen LogP contribution >= 0.6 is 0 Å². The van der Waals surface area contributed by atoms with Crippen molar-refractivity contribution in [3.8, 4) is 0 Å². The number of benzene rings is 1. The Kier molecular flexibility index (Phi) is 6.11. The smallest absolute Gasteiger partial charge is 0.349 e. The molecule has 1 N–H and O–H groups in total. The molecular formula is C23H28N2O4. The van der Waals surface area contributed by atoms with Gasteiger partial charge in [-0.05, 0) is 75.0 Å². The third-order valence-electron chi connectivity index (χ3n) is 5.81. The number of hydrogen-bond acceptors (Lipinski definition) is 5. The minimum absolute atomic E-state index is 0.0748. The summed E-state index contributed by atoms with van der Waals surface area (Å²) >= 11 is 0. The van der Waals surface area contributed by atoms with E-state index in [0.717, 1.165) is 38.0 Å². The lowest BCUT2D eigenvalue weighted by Gasteiger charge is -2.21. The minimum Gasteiger partial charge on any atom is -0.427 e. The Morgan fingerprint density at radius 1 is 1.17 bits per heavy atom. The largest absolute Gasteiger partial charge is 0.427 e. The van der Waals surface area contributed by atoms with Gasteiger partial charge in [-0.25, -0.2) is 4.79 Å².